The van der Waals surface area contributed by atoms with Crippen LogP contribution in [-0.2, 0) is 17.8 Å². The summed E-state index contributed by atoms with van der Waals surface area (Å²) in [5.74, 6) is 1.18. The summed E-state index contributed by atoms with van der Waals surface area (Å²) in [7, 11) is 0. The Labute approximate surface area is 175 Å². The predicted octanol–water partition coefficient (Wildman–Crippen LogP) is 4.57. The summed E-state index contributed by atoms with van der Waals surface area (Å²) in [5, 5.41) is 17.5. The van der Waals surface area contributed by atoms with Crippen LogP contribution in [0, 0.1) is 17.4 Å². The van der Waals surface area contributed by atoms with E-state index in [2.05, 4.69) is 32.0 Å². The number of amides is 1. The molecule has 0 saturated heterocycles. The molecule has 1 saturated carbocycles. The molecule has 0 spiro atoms. The molecule has 1 aromatic carbocycles. The van der Waals surface area contributed by atoms with Crippen LogP contribution in [0.15, 0.2) is 40.7 Å². The van der Waals surface area contributed by atoms with E-state index < -0.39 is 0 Å². The minimum atomic E-state index is 0.0872. The first kappa shape index (κ1) is 19.5. The van der Waals surface area contributed by atoms with Crippen molar-refractivity contribution in [3.05, 3.63) is 46.2 Å². The number of nitriles is 1. The van der Waals surface area contributed by atoms with Crippen LogP contribution in [0.5, 0.6) is 0 Å². The van der Waals surface area contributed by atoms with Crippen molar-refractivity contribution in [1.82, 2.24) is 4.90 Å². The van der Waals surface area contributed by atoms with Gasteiger partial charge in [-0.05, 0) is 66.5 Å². The maximum atomic E-state index is 12.2. The topological polar surface area (TPSA) is 80.5 Å². The van der Waals surface area contributed by atoms with Gasteiger partial charge in [0.2, 0.25) is 18.1 Å². The lowest BCUT2D eigenvalue weighted by Crippen LogP contribution is -2.39. The van der Waals surface area contributed by atoms with Crippen molar-refractivity contribution >= 4 is 34.6 Å². The second kappa shape index (κ2) is 9.10. The number of aliphatic imine (C=N–C) groups is 1. The summed E-state index contributed by atoms with van der Waals surface area (Å²) in [6.07, 6.45) is 8.30. The van der Waals surface area contributed by atoms with Gasteiger partial charge in [-0.2, -0.15) is 5.26 Å². The molecule has 2 aromatic rings. The molecule has 0 unspecified atom stereocenters. The Morgan fingerprint density at radius 1 is 1.17 bits per heavy atom. The van der Waals surface area contributed by atoms with E-state index in [1.807, 2.05) is 30.5 Å². The van der Waals surface area contributed by atoms with Crippen LogP contribution in [0.25, 0.3) is 0 Å². The van der Waals surface area contributed by atoms with E-state index in [9.17, 15) is 4.79 Å². The normalized spacial score (nSPS) is 16.9. The van der Waals surface area contributed by atoms with E-state index in [0.29, 0.717) is 18.3 Å². The van der Waals surface area contributed by atoms with Gasteiger partial charge in [-0.25, -0.2) is 0 Å². The zero-order chi connectivity index (χ0) is 20.1. The number of hydrogen-bond donors (Lipinski definition) is 2. The number of fused-ring (bicyclic) bond motifs is 1. The summed E-state index contributed by atoms with van der Waals surface area (Å²) in [6.45, 7) is 1.58. The molecule has 1 fully saturated rings. The fourth-order valence-corrected chi connectivity index (χ4v) is 5.00. The Balaban J connectivity index is 1.36. The Morgan fingerprint density at radius 2 is 1.90 bits per heavy atom. The molecule has 2 aliphatic rings. The highest BCUT2D eigenvalue weighted by molar-refractivity contribution is 7.10. The third-order valence-electron chi connectivity index (χ3n) is 5.64. The van der Waals surface area contributed by atoms with Gasteiger partial charge in [0.15, 0.2) is 0 Å². The van der Waals surface area contributed by atoms with Crippen LogP contribution in [0.1, 0.15) is 42.5 Å². The molecule has 2 N–H and O–H groups in total. The molecule has 29 heavy (non-hydrogen) atoms. The molecule has 1 aliphatic carbocycles. The molecule has 2 heterocycles. The quantitative estimate of drug-likeness (QED) is 0.442. The lowest BCUT2D eigenvalue weighted by atomic mass is 10.0. The van der Waals surface area contributed by atoms with Gasteiger partial charge in [-0.3, -0.25) is 4.79 Å². The summed E-state index contributed by atoms with van der Waals surface area (Å²) >= 11 is 1.79. The number of hydrogen-bond acceptors (Lipinski definition) is 4. The summed E-state index contributed by atoms with van der Waals surface area (Å²) in [5.41, 5.74) is 2.93. The summed E-state index contributed by atoms with van der Waals surface area (Å²) < 4.78 is 0. The molecule has 6 nitrogen and oxygen atoms in total. The van der Waals surface area contributed by atoms with Crippen LogP contribution < -0.4 is 10.6 Å². The van der Waals surface area contributed by atoms with Gasteiger partial charge < -0.3 is 15.5 Å². The number of anilines is 2. The number of guanidine groups is 1. The fourth-order valence-electron chi connectivity index (χ4n) is 4.11. The van der Waals surface area contributed by atoms with Crippen molar-refractivity contribution in [3.8, 4) is 6.19 Å². The predicted molar refractivity (Wildman–Crippen MR) is 117 cm³/mol. The first-order valence-corrected chi connectivity index (χ1v) is 11.0. The molecule has 1 aromatic heterocycles. The molecule has 1 aliphatic heterocycles. The Kier molecular flexibility index (Phi) is 6.11. The van der Waals surface area contributed by atoms with Gasteiger partial charge >= 0.3 is 0 Å². The molecule has 150 valence electrons. The number of carbonyl (C=O) groups is 1. The summed E-state index contributed by atoms with van der Waals surface area (Å²) in [4.78, 5) is 19.7. The van der Waals surface area contributed by atoms with Gasteiger partial charge in [0, 0.05) is 35.8 Å². The van der Waals surface area contributed by atoms with Gasteiger partial charge in [0.1, 0.15) is 0 Å². The molecule has 1 amide bonds. The molecule has 4 rings (SSSR count). The average Bonchev–Trinajstić information content (AvgIpc) is 3.40. The number of carbonyl (C=O) groups excluding carboxylic acids is 1. The van der Waals surface area contributed by atoms with Crippen molar-refractivity contribution in [2.45, 2.75) is 45.1 Å². The first-order chi connectivity index (χ1) is 14.2. The van der Waals surface area contributed by atoms with Crippen LogP contribution in [0.2, 0.25) is 0 Å². The van der Waals surface area contributed by atoms with Gasteiger partial charge in [0.25, 0.3) is 0 Å². The van der Waals surface area contributed by atoms with Crippen LogP contribution in [0.4, 0.5) is 11.4 Å². The van der Waals surface area contributed by atoms with Crippen molar-refractivity contribution in [1.29, 1.82) is 5.26 Å². The molecule has 0 atom stereocenters. The number of thiophene rings is 1. The highest BCUT2D eigenvalue weighted by Crippen LogP contribution is 2.28. The van der Waals surface area contributed by atoms with E-state index >= 15 is 0 Å². The third kappa shape index (κ3) is 4.96. The first-order valence-electron chi connectivity index (χ1n) is 10.1. The number of nitrogens with zero attached hydrogens (tertiary/aromatic N) is 3. The van der Waals surface area contributed by atoms with E-state index in [1.54, 1.807) is 11.3 Å². The number of nitrogens with one attached hydrogen (secondary N) is 2. The minimum Gasteiger partial charge on any atom is -0.337 e. The second-order valence-corrected chi connectivity index (χ2v) is 8.68. The smallest absolute Gasteiger partial charge is 0.224 e. The number of benzene rings is 1. The summed E-state index contributed by atoms with van der Waals surface area (Å²) in [6, 6.07) is 9.70. The maximum absolute atomic E-state index is 12.2. The Morgan fingerprint density at radius 3 is 2.62 bits per heavy atom. The van der Waals surface area contributed by atoms with Crippen LogP contribution in [0.3, 0.4) is 0 Å². The van der Waals surface area contributed by atoms with E-state index in [1.165, 1.54) is 36.1 Å². The van der Waals surface area contributed by atoms with Crippen molar-refractivity contribution in [3.63, 3.8) is 0 Å². The molecule has 0 bridgehead atoms. The van der Waals surface area contributed by atoms with Crippen LogP contribution in [-0.4, -0.2) is 23.3 Å². The maximum Gasteiger partial charge on any atom is 0.224 e. The largest absolute Gasteiger partial charge is 0.337 e. The lowest BCUT2D eigenvalue weighted by Gasteiger charge is -2.29. The standard InChI is InChI=1S/C22H25N5OS/c23-15-24-22(27-11-9-20-17(14-27)10-12-29-20)26-19-7-5-18(6-8-19)25-21(28)13-16-3-1-2-4-16/h5-8,10,12,16H,1-4,9,11,13-14H2,(H,24,26)(H,25,28). The second-order valence-electron chi connectivity index (χ2n) is 7.68. The zero-order valence-corrected chi connectivity index (χ0v) is 17.2. The fraction of sp³-hybridized carbons (Fsp3) is 0.409. The van der Waals surface area contributed by atoms with E-state index in [4.69, 9.17) is 5.26 Å². The van der Waals surface area contributed by atoms with Crippen molar-refractivity contribution in [2.24, 2.45) is 10.9 Å². The van der Waals surface area contributed by atoms with Gasteiger partial charge in [0.05, 0.1) is 0 Å². The van der Waals surface area contributed by atoms with Crippen molar-refractivity contribution < 1.29 is 4.79 Å². The molecule has 7 heteroatoms. The SMILES string of the molecule is N#CN=C(Nc1ccc(NC(=O)CC2CCCC2)cc1)N1CCc2sccc2C1. The van der Waals surface area contributed by atoms with Gasteiger partial charge in [-0.1, -0.05) is 12.8 Å². The zero-order valence-electron chi connectivity index (χ0n) is 16.4. The highest BCUT2D eigenvalue weighted by Gasteiger charge is 2.21. The third-order valence-corrected chi connectivity index (χ3v) is 6.66. The monoisotopic (exact) mass is 407 g/mol. The molecular formula is C22H25N5OS. The minimum absolute atomic E-state index is 0.0872. The lowest BCUT2D eigenvalue weighted by molar-refractivity contribution is -0.117. The van der Waals surface area contributed by atoms with Crippen LogP contribution >= 0.6 is 11.3 Å². The highest BCUT2D eigenvalue weighted by atomic mass is 32.1. The Bertz CT molecular complexity index is 921. The Hall–Kier alpha value is -2.85. The van der Waals surface area contributed by atoms with Gasteiger partial charge in [-0.15, -0.1) is 16.3 Å². The number of rotatable bonds is 4. The van der Waals surface area contributed by atoms with Crippen molar-refractivity contribution in [2.75, 3.05) is 17.2 Å². The molecular weight excluding hydrogens is 382 g/mol. The molecule has 0 radical (unpaired) electrons. The average molecular weight is 408 g/mol. The van der Waals surface area contributed by atoms with E-state index in [0.717, 1.165) is 30.9 Å². The van der Waals surface area contributed by atoms with E-state index in [-0.39, 0.29) is 5.91 Å².